The highest BCUT2D eigenvalue weighted by molar-refractivity contribution is 5.10. The largest absolute Gasteiger partial charge is 0.388 e. The number of nitrogens with one attached hydrogen (secondary N) is 1. The SMILES string of the molecule is O=[N+]([O-])/C=C/C1CCCC2NC=CC12. The molecule has 2 rings (SSSR count). The van der Waals surface area contributed by atoms with E-state index >= 15 is 0 Å². The van der Waals surface area contributed by atoms with E-state index in [2.05, 4.69) is 11.4 Å². The van der Waals surface area contributed by atoms with E-state index in [1.54, 1.807) is 6.08 Å². The molecule has 3 atom stereocenters. The maximum absolute atomic E-state index is 10.2. The third-order valence-electron chi connectivity index (χ3n) is 3.10. The van der Waals surface area contributed by atoms with Gasteiger partial charge in [0.2, 0.25) is 6.20 Å². The molecule has 4 heteroatoms. The van der Waals surface area contributed by atoms with E-state index in [9.17, 15) is 10.1 Å². The molecule has 0 spiro atoms. The van der Waals surface area contributed by atoms with Crippen LogP contribution in [0.4, 0.5) is 0 Å². The lowest BCUT2D eigenvalue weighted by molar-refractivity contribution is -0.402. The van der Waals surface area contributed by atoms with Crippen molar-refractivity contribution in [2.75, 3.05) is 0 Å². The van der Waals surface area contributed by atoms with Crippen molar-refractivity contribution in [2.45, 2.75) is 25.3 Å². The minimum atomic E-state index is -0.379. The Hall–Kier alpha value is -1.32. The first-order valence-electron chi connectivity index (χ1n) is 5.02. The van der Waals surface area contributed by atoms with Crippen LogP contribution in [0.25, 0.3) is 0 Å². The number of rotatable bonds is 2. The maximum atomic E-state index is 10.2. The summed E-state index contributed by atoms with van der Waals surface area (Å²) in [5.41, 5.74) is 0. The third-order valence-corrected chi connectivity index (χ3v) is 3.10. The molecule has 0 radical (unpaired) electrons. The summed E-state index contributed by atoms with van der Waals surface area (Å²) < 4.78 is 0. The standard InChI is InChI=1S/C10H14N2O2/c13-12(14)7-5-8-2-1-3-10-9(8)4-6-11-10/h4-11H,1-3H2/b7-5+. The second-order valence-corrected chi connectivity index (χ2v) is 3.93. The van der Waals surface area contributed by atoms with E-state index in [0.717, 1.165) is 19.0 Å². The van der Waals surface area contributed by atoms with Gasteiger partial charge in [0.15, 0.2) is 0 Å². The second-order valence-electron chi connectivity index (χ2n) is 3.93. The molecule has 76 valence electrons. The molecule has 1 fully saturated rings. The topological polar surface area (TPSA) is 55.2 Å². The molecule has 2 aliphatic rings. The van der Waals surface area contributed by atoms with Gasteiger partial charge in [0.05, 0.1) is 4.92 Å². The Bertz CT molecular complexity index is 286. The molecule has 1 N–H and O–H groups in total. The average molecular weight is 194 g/mol. The van der Waals surface area contributed by atoms with Gasteiger partial charge in [0, 0.05) is 12.0 Å². The highest BCUT2D eigenvalue weighted by Gasteiger charge is 2.32. The molecule has 0 amide bonds. The van der Waals surface area contributed by atoms with Gasteiger partial charge in [-0.1, -0.05) is 12.5 Å². The average Bonchev–Trinajstić information content (AvgIpc) is 2.62. The monoisotopic (exact) mass is 194 g/mol. The smallest absolute Gasteiger partial charge is 0.230 e. The number of hydrogen-bond donors (Lipinski definition) is 1. The Morgan fingerprint density at radius 2 is 2.36 bits per heavy atom. The van der Waals surface area contributed by atoms with Crippen molar-refractivity contribution in [3.05, 3.63) is 34.7 Å². The predicted octanol–water partition coefficient (Wildman–Crippen LogP) is 1.68. The highest BCUT2D eigenvalue weighted by atomic mass is 16.6. The van der Waals surface area contributed by atoms with Crippen molar-refractivity contribution in [3.8, 4) is 0 Å². The van der Waals surface area contributed by atoms with Crippen LogP contribution in [0, 0.1) is 22.0 Å². The van der Waals surface area contributed by atoms with Crippen LogP contribution in [0.2, 0.25) is 0 Å². The lowest BCUT2D eigenvalue weighted by Crippen LogP contribution is -2.34. The second kappa shape index (κ2) is 3.82. The summed E-state index contributed by atoms with van der Waals surface area (Å²) >= 11 is 0. The molecule has 3 unspecified atom stereocenters. The molecule has 0 saturated heterocycles. The normalized spacial score (nSPS) is 35.6. The number of fused-ring (bicyclic) bond motifs is 1. The quantitative estimate of drug-likeness (QED) is 0.537. The molecule has 1 aliphatic heterocycles. The molecule has 0 bridgehead atoms. The van der Waals surface area contributed by atoms with E-state index in [4.69, 9.17) is 0 Å². The van der Waals surface area contributed by atoms with Crippen molar-refractivity contribution < 1.29 is 4.92 Å². The van der Waals surface area contributed by atoms with E-state index in [1.807, 2.05) is 6.20 Å². The number of nitro groups is 1. The molecule has 0 aromatic carbocycles. The van der Waals surface area contributed by atoms with Gasteiger partial charge in [0.1, 0.15) is 0 Å². The van der Waals surface area contributed by atoms with Gasteiger partial charge in [-0.2, -0.15) is 0 Å². The molecule has 4 nitrogen and oxygen atoms in total. The maximum Gasteiger partial charge on any atom is 0.230 e. The van der Waals surface area contributed by atoms with Crippen LogP contribution < -0.4 is 5.32 Å². The first-order valence-corrected chi connectivity index (χ1v) is 5.02. The summed E-state index contributed by atoms with van der Waals surface area (Å²) in [6.07, 6.45) is 10.3. The van der Waals surface area contributed by atoms with Crippen LogP contribution in [0.5, 0.6) is 0 Å². The molecule has 1 aliphatic carbocycles. The molecule has 1 heterocycles. The van der Waals surface area contributed by atoms with Crippen molar-refractivity contribution in [3.63, 3.8) is 0 Å². The molecule has 0 aromatic heterocycles. The summed E-state index contributed by atoms with van der Waals surface area (Å²) in [6.45, 7) is 0. The van der Waals surface area contributed by atoms with E-state index in [1.165, 1.54) is 6.42 Å². The molecular weight excluding hydrogens is 180 g/mol. The van der Waals surface area contributed by atoms with E-state index in [-0.39, 0.29) is 4.92 Å². The van der Waals surface area contributed by atoms with Crippen LogP contribution in [0.1, 0.15) is 19.3 Å². The Kier molecular flexibility index (Phi) is 2.52. The lowest BCUT2D eigenvalue weighted by atomic mass is 9.77. The lowest BCUT2D eigenvalue weighted by Gasteiger charge is -2.30. The Morgan fingerprint density at radius 1 is 1.50 bits per heavy atom. The molecule has 14 heavy (non-hydrogen) atoms. The summed E-state index contributed by atoms with van der Waals surface area (Å²) in [5.74, 6) is 0.797. The molecule has 1 saturated carbocycles. The first-order chi connectivity index (χ1) is 6.77. The van der Waals surface area contributed by atoms with Gasteiger partial charge in [-0.3, -0.25) is 10.1 Å². The van der Waals surface area contributed by atoms with Crippen LogP contribution in [-0.2, 0) is 0 Å². The number of hydrogen-bond acceptors (Lipinski definition) is 3. The highest BCUT2D eigenvalue weighted by Crippen LogP contribution is 2.34. The zero-order valence-electron chi connectivity index (χ0n) is 7.93. The summed E-state index contributed by atoms with van der Waals surface area (Å²) in [7, 11) is 0. The fourth-order valence-corrected chi connectivity index (χ4v) is 2.42. The summed E-state index contributed by atoms with van der Waals surface area (Å²) in [6, 6.07) is 0.505. The van der Waals surface area contributed by atoms with Gasteiger partial charge in [-0.15, -0.1) is 0 Å². The van der Waals surface area contributed by atoms with Crippen LogP contribution in [0.3, 0.4) is 0 Å². The van der Waals surface area contributed by atoms with Crippen molar-refractivity contribution in [1.29, 1.82) is 0 Å². The zero-order chi connectivity index (χ0) is 9.97. The molecular formula is C10H14N2O2. The minimum absolute atomic E-state index is 0.338. The Morgan fingerprint density at radius 3 is 3.14 bits per heavy atom. The minimum Gasteiger partial charge on any atom is -0.388 e. The van der Waals surface area contributed by atoms with Gasteiger partial charge in [0.25, 0.3) is 0 Å². The third kappa shape index (κ3) is 1.78. The Labute approximate surface area is 82.8 Å². The van der Waals surface area contributed by atoms with E-state index in [0.29, 0.717) is 17.9 Å². The fraction of sp³-hybridized carbons (Fsp3) is 0.600. The van der Waals surface area contributed by atoms with Crippen LogP contribution in [-0.4, -0.2) is 11.0 Å². The van der Waals surface area contributed by atoms with Crippen molar-refractivity contribution in [1.82, 2.24) is 5.32 Å². The number of allylic oxidation sites excluding steroid dienone is 1. The van der Waals surface area contributed by atoms with Gasteiger partial charge >= 0.3 is 0 Å². The van der Waals surface area contributed by atoms with Crippen LogP contribution in [0.15, 0.2) is 24.6 Å². The fourth-order valence-electron chi connectivity index (χ4n) is 2.42. The Balaban J connectivity index is 2.03. The summed E-state index contributed by atoms with van der Waals surface area (Å²) in [5, 5.41) is 13.5. The van der Waals surface area contributed by atoms with Crippen molar-refractivity contribution >= 4 is 0 Å². The van der Waals surface area contributed by atoms with Crippen molar-refractivity contribution in [2.24, 2.45) is 11.8 Å². The van der Waals surface area contributed by atoms with Gasteiger partial charge in [-0.05, 0) is 31.0 Å². The zero-order valence-corrected chi connectivity index (χ0v) is 7.93. The van der Waals surface area contributed by atoms with E-state index < -0.39 is 0 Å². The van der Waals surface area contributed by atoms with Gasteiger partial charge < -0.3 is 5.32 Å². The van der Waals surface area contributed by atoms with Crippen LogP contribution >= 0.6 is 0 Å². The van der Waals surface area contributed by atoms with Gasteiger partial charge in [-0.25, -0.2) is 0 Å². The number of nitrogens with zero attached hydrogens (tertiary/aromatic N) is 1. The predicted molar refractivity (Wildman–Crippen MR) is 53.0 cm³/mol. The molecule has 0 aromatic rings. The first kappa shape index (κ1) is 9.24. The summed E-state index contributed by atoms with van der Waals surface area (Å²) in [4.78, 5) is 9.84.